The number of benzene rings is 1. The van der Waals surface area contributed by atoms with Gasteiger partial charge in [0.2, 0.25) is 0 Å². The summed E-state index contributed by atoms with van der Waals surface area (Å²) in [5.74, 6) is 0.894. The van der Waals surface area contributed by atoms with E-state index >= 15 is 0 Å². The first-order chi connectivity index (χ1) is 15.0. The lowest BCUT2D eigenvalue weighted by molar-refractivity contribution is 0.266. The first-order valence-electron chi connectivity index (χ1n) is 10.7. The second kappa shape index (κ2) is 12.9. The molecule has 1 aromatic carbocycles. The van der Waals surface area contributed by atoms with Crippen LogP contribution in [0.5, 0.6) is 5.75 Å². The van der Waals surface area contributed by atoms with E-state index in [-0.39, 0.29) is 36.3 Å². The van der Waals surface area contributed by atoms with Gasteiger partial charge in [-0.15, -0.1) is 34.2 Å². The molecule has 1 aliphatic rings. The molecule has 1 unspecified atom stereocenters. The van der Waals surface area contributed by atoms with E-state index in [1.54, 1.807) is 0 Å². The third kappa shape index (κ3) is 7.26. The molecular weight excluding hydrogens is 531 g/mol. The number of likely N-dealkylation sites (tertiary alicyclic amines) is 1. The highest BCUT2D eigenvalue weighted by Crippen LogP contribution is 2.17. The van der Waals surface area contributed by atoms with Crippen LogP contribution in [-0.2, 0) is 13.6 Å². The molecule has 32 heavy (non-hydrogen) atoms. The van der Waals surface area contributed by atoms with Gasteiger partial charge < -0.3 is 19.9 Å². The summed E-state index contributed by atoms with van der Waals surface area (Å²) in [4.78, 5) is 7.08. The second-order valence-corrected chi connectivity index (χ2v) is 7.54. The number of ether oxygens (including phenoxy) is 1. The minimum Gasteiger partial charge on any atom is -0.489 e. The first kappa shape index (κ1) is 26.2. The molecule has 1 atom stereocenters. The van der Waals surface area contributed by atoms with Crippen molar-refractivity contribution in [2.24, 2.45) is 12.0 Å². The van der Waals surface area contributed by atoms with E-state index in [4.69, 9.17) is 4.74 Å². The summed E-state index contributed by atoms with van der Waals surface area (Å²) in [5, 5.41) is 14.8. The van der Waals surface area contributed by atoms with Gasteiger partial charge in [-0.25, -0.2) is 13.8 Å². The molecule has 2 N–H and O–H groups in total. The minimum absolute atomic E-state index is 0. The van der Waals surface area contributed by atoms with Crippen LogP contribution in [0, 0.1) is 18.6 Å². The number of nitrogens with one attached hydrogen (secondary N) is 2. The summed E-state index contributed by atoms with van der Waals surface area (Å²) in [6.07, 6.45) is 2.36. The Morgan fingerprint density at radius 3 is 2.78 bits per heavy atom. The molecule has 1 fully saturated rings. The van der Waals surface area contributed by atoms with Crippen LogP contribution >= 0.6 is 24.0 Å². The van der Waals surface area contributed by atoms with Crippen LogP contribution in [0.4, 0.5) is 8.78 Å². The monoisotopic (exact) mass is 563 g/mol. The van der Waals surface area contributed by atoms with E-state index in [2.05, 4.69) is 37.6 Å². The number of hydrogen-bond acceptors (Lipinski definition) is 5. The fourth-order valence-corrected chi connectivity index (χ4v) is 3.59. The number of likely N-dealkylation sites (N-methyl/N-ethyl adjacent to an activating group) is 1. The summed E-state index contributed by atoms with van der Waals surface area (Å²) >= 11 is 0. The number of hydrogen-bond donors (Lipinski definition) is 2. The topological polar surface area (TPSA) is 79.6 Å². The van der Waals surface area contributed by atoms with Crippen LogP contribution in [0.25, 0.3) is 0 Å². The van der Waals surface area contributed by atoms with Crippen molar-refractivity contribution in [1.82, 2.24) is 30.3 Å². The molecular formula is C21H32F2IN7O. The van der Waals surface area contributed by atoms with Gasteiger partial charge in [-0.3, -0.25) is 4.90 Å². The SMILES string of the molecule is CCN1CCCC1CNC(=NCc1nnc(C)n1C)NCCOc1ccc(F)cc1F.I. The average molecular weight is 563 g/mol. The Labute approximate surface area is 204 Å². The van der Waals surface area contributed by atoms with E-state index in [1.807, 2.05) is 18.5 Å². The smallest absolute Gasteiger partial charge is 0.191 e. The molecule has 1 aromatic heterocycles. The highest BCUT2D eigenvalue weighted by molar-refractivity contribution is 14.0. The van der Waals surface area contributed by atoms with Gasteiger partial charge >= 0.3 is 0 Å². The van der Waals surface area contributed by atoms with E-state index in [9.17, 15) is 8.78 Å². The molecule has 1 aliphatic heterocycles. The van der Waals surface area contributed by atoms with Gasteiger partial charge in [0.1, 0.15) is 24.8 Å². The van der Waals surface area contributed by atoms with Crippen molar-refractivity contribution >= 4 is 29.9 Å². The zero-order chi connectivity index (χ0) is 22.2. The van der Waals surface area contributed by atoms with Gasteiger partial charge in [-0.05, 0) is 45.0 Å². The third-order valence-corrected chi connectivity index (χ3v) is 5.52. The number of aryl methyl sites for hydroxylation is 1. The lowest BCUT2D eigenvalue weighted by Crippen LogP contribution is -2.45. The van der Waals surface area contributed by atoms with Gasteiger partial charge in [0.25, 0.3) is 0 Å². The first-order valence-corrected chi connectivity index (χ1v) is 10.7. The third-order valence-electron chi connectivity index (χ3n) is 5.52. The summed E-state index contributed by atoms with van der Waals surface area (Å²) < 4.78 is 34.0. The Bertz CT molecular complexity index is 893. The lowest BCUT2D eigenvalue weighted by atomic mass is 10.2. The Morgan fingerprint density at radius 2 is 2.09 bits per heavy atom. The molecule has 178 valence electrons. The van der Waals surface area contributed by atoms with Gasteiger partial charge in [0.05, 0.1) is 6.54 Å². The number of aromatic nitrogens is 3. The maximum absolute atomic E-state index is 13.7. The molecule has 0 aliphatic carbocycles. The predicted molar refractivity (Wildman–Crippen MR) is 130 cm³/mol. The normalized spacial score (nSPS) is 16.7. The molecule has 2 aromatic rings. The fraction of sp³-hybridized carbons (Fsp3) is 0.571. The van der Waals surface area contributed by atoms with Crippen LogP contribution in [0.3, 0.4) is 0 Å². The average Bonchev–Trinajstić information content (AvgIpc) is 3.34. The predicted octanol–water partition coefficient (Wildman–Crippen LogP) is 2.62. The molecule has 0 bridgehead atoms. The number of aliphatic imine (C=N–C) groups is 1. The highest BCUT2D eigenvalue weighted by atomic mass is 127. The van der Waals surface area contributed by atoms with Gasteiger partial charge in [0.15, 0.2) is 23.4 Å². The van der Waals surface area contributed by atoms with Crippen molar-refractivity contribution in [2.45, 2.75) is 39.3 Å². The number of nitrogens with zero attached hydrogens (tertiary/aromatic N) is 5. The molecule has 0 spiro atoms. The Balaban J connectivity index is 0.00000363. The number of halogens is 3. The van der Waals surface area contributed by atoms with Crippen LogP contribution in [0.2, 0.25) is 0 Å². The van der Waals surface area contributed by atoms with Crippen molar-refractivity contribution in [3.8, 4) is 5.75 Å². The number of rotatable bonds is 9. The van der Waals surface area contributed by atoms with Crippen molar-refractivity contribution in [3.63, 3.8) is 0 Å². The molecule has 0 radical (unpaired) electrons. The maximum Gasteiger partial charge on any atom is 0.191 e. The molecule has 0 saturated carbocycles. The minimum atomic E-state index is -0.717. The maximum atomic E-state index is 13.7. The summed E-state index contributed by atoms with van der Waals surface area (Å²) in [7, 11) is 1.91. The lowest BCUT2D eigenvalue weighted by Gasteiger charge is -2.24. The largest absolute Gasteiger partial charge is 0.489 e. The van der Waals surface area contributed by atoms with Crippen molar-refractivity contribution < 1.29 is 13.5 Å². The Kier molecular flexibility index (Phi) is 10.6. The molecule has 8 nitrogen and oxygen atoms in total. The van der Waals surface area contributed by atoms with Crippen molar-refractivity contribution in [3.05, 3.63) is 41.5 Å². The molecule has 0 amide bonds. The van der Waals surface area contributed by atoms with Crippen LogP contribution < -0.4 is 15.4 Å². The van der Waals surface area contributed by atoms with Gasteiger partial charge in [-0.1, -0.05) is 6.92 Å². The van der Waals surface area contributed by atoms with E-state index in [0.29, 0.717) is 25.1 Å². The van der Waals surface area contributed by atoms with Crippen molar-refractivity contribution in [2.75, 3.05) is 32.8 Å². The van der Waals surface area contributed by atoms with Crippen LogP contribution in [0.1, 0.15) is 31.4 Å². The van der Waals surface area contributed by atoms with Crippen LogP contribution in [-0.4, -0.2) is 64.5 Å². The quantitative estimate of drug-likeness (QED) is 0.212. The summed E-state index contributed by atoms with van der Waals surface area (Å²) in [6.45, 7) is 7.99. The molecule has 3 rings (SSSR count). The number of guanidine groups is 1. The highest BCUT2D eigenvalue weighted by Gasteiger charge is 2.22. The van der Waals surface area contributed by atoms with Crippen LogP contribution in [0.15, 0.2) is 23.2 Å². The zero-order valence-electron chi connectivity index (χ0n) is 18.8. The molecule has 2 heterocycles. The van der Waals surface area contributed by atoms with E-state index in [0.717, 1.165) is 43.8 Å². The van der Waals surface area contributed by atoms with Gasteiger partial charge in [-0.2, -0.15) is 0 Å². The zero-order valence-corrected chi connectivity index (χ0v) is 21.1. The van der Waals surface area contributed by atoms with E-state index < -0.39 is 11.6 Å². The summed E-state index contributed by atoms with van der Waals surface area (Å²) in [5.41, 5.74) is 0. The van der Waals surface area contributed by atoms with Gasteiger partial charge in [0, 0.05) is 25.7 Å². The molecule has 11 heteroatoms. The van der Waals surface area contributed by atoms with E-state index in [1.165, 1.54) is 18.6 Å². The van der Waals surface area contributed by atoms with Crippen molar-refractivity contribution in [1.29, 1.82) is 0 Å². The second-order valence-electron chi connectivity index (χ2n) is 7.54. The Hall–Kier alpha value is -2.02. The molecule has 1 saturated heterocycles. The fourth-order valence-electron chi connectivity index (χ4n) is 3.59. The standard InChI is InChI=1S/C21H31F2N7O.HI/c1-4-30-10-5-6-17(30)13-25-21(26-14-20-28-27-15(2)29(20)3)24-9-11-31-19-8-7-16(22)12-18(19)23;/h7-8,12,17H,4-6,9-11,13-14H2,1-3H3,(H2,24,25,26);1H. The Morgan fingerprint density at radius 1 is 1.28 bits per heavy atom. The summed E-state index contributed by atoms with van der Waals surface area (Å²) in [6, 6.07) is 3.73.